The second-order valence-corrected chi connectivity index (χ2v) is 3.47. The minimum Gasteiger partial charge on any atom is -0.481 e. The van der Waals surface area contributed by atoms with E-state index in [1.807, 2.05) is 0 Å². The van der Waals surface area contributed by atoms with Crippen molar-refractivity contribution >= 4 is 17.9 Å². The molecular weight excluding hydrogens is 228 g/mol. The van der Waals surface area contributed by atoms with E-state index in [4.69, 9.17) is 14.6 Å². The van der Waals surface area contributed by atoms with E-state index in [1.165, 1.54) is 24.3 Å². The van der Waals surface area contributed by atoms with Gasteiger partial charge in [-0.25, -0.2) is 0 Å². The monoisotopic (exact) mass is 240 g/mol. The molecule has 92 valence electrons. The van der Waals surface area contributed by atoms with Crippen molar-refractivity contribution in [3.05, 3.63) is 24.3 Å². The van der Waals surface area contributed by atoms with Crippen LogP contribution in [-0.4, -0.2) is 28.8 Å². The molecule has 0 amide bonds. The summed E-state index contributed by atoms with van der Waals surface area (Å²) in [6.45, 7) is 2.21. The summed E-state index contributed by atoms with van der Waals surface area (Å²) in [6, 6.07) is 0. The molecule has 0 aromatic heterocycles. The lowest BCUT2D eigenvalue weighted by Gasteiger charge is -2.33. The zero-order valence-electron chi connectivity index (χ0n) is 9.38. The zero-order chi connectivity index (χ0) is 13.1. The van der Waals surface area contributed by atoms with Crippen molar-refractivity contribution in [2.24, 2.45) is 5.92 Å². The molecule has 0 heterocycles. The molecule has 6 nitrogen and oxygen atoms in total. The molecule has 0 radical (unpaired) electrons. The highest BCUT2D eigenvalue weighted by Crippen LogP contribution is 2.30. The van der Waals surface area contributed by atoms with Gasteiger partial charge in [0.25, 0.3) is 5.79 Å². The second-order valence-electron chi connectivity index (χ2n) is 3.47. The Morgan fingerprint density at radius 1 is 1.12 bits per heavy atom. The third-order valence-electron chi connectivity index (χ3n) is 2.05. The zero-order valence-corrected chi connectivity index (χ0v) is 9.38. The van der Waals surface area contributed by atoms with Crippen LogP contribution in [-0.2, 0) is 23.9 Å². The SMILES string of the molecule is CC(=O)OC1(OC(C)=O)C=CC=CC1C(=O)O. The molecule has 0 bridgehead atoms. The van der Waals surface area contributed by atoms with Crippen molar-refractivity contribution < 1.29 is 29.0 Å². The number of hydrogen-bond acceptors (Lipinski definition) is 5. The lowest BCUT2D eigenvalue weighted by atomic mass is 9.93. The maximum atomic E-state index is 11.1. The topological polar surface area (TPSA) is 89.9 Å². The highest BCUT2D eigenvalue weighted by atomic mass is 16.7. The summed E-state index contributed by atoms with van der Waals surface area (Å²) in [5.74, 6) is -5.90. The molecule has 1 unspecified atom stereocenters. The number of ether oxygens (including phenoxy) is 2. The molecular formula is C11H12O6. The molecule has 1 rings (SSSR count). The van der Waals surface area contributed by atoms with Gasteiger partial charge in [-0.05, 0) is 0 Å². The number of carbonyl (C=O) groups is 3. The average molecular weight is 240 g/mol. The highest BCUT2D eigenvalue weighted by Gasteiger charge is 2.47. The van der Waals surface area contributed by atoms with Crippen LogP contribution in [0.1, 0.15) is 13.8 Å². The number of carboxylic acids is 1. The van der Waals surface area contributed by atoms with Gasteiger partial charge in [0.05, 0.1) is 0 Å². The van der Waals surface area contributed by atoms with Gasteiger partial charge >= 0.3 is 17.9 Å². The normalized spacial score (nSPS) is 20.7. The van der Waals surface area contributed by atoms with E-state index in [9.17, 15) is 14.4 Å². The van der Waals surface area contributed by atoms with Gasteiger partial charge in [-0.1, -0.05) is 18.2 Å². The summed E-state index contributed by atoms with van der Waals surface area (Å²) in [7, 11) is 0. The van der Waals surface area contributed by atoms with E-state index in [0.29, 0.717) is 0 Å². The summed E-state index contributed by atoms with van der Waals surface area (Å²) in [5, 5.41) is 9.03. The summed E-state index contributed by atoms with van der Waals surface area (Å²) < 4.78 is 9.73. The molecule has 0 spiro atoms. The Balaban J connectivity index is 3.13. The fourth-order valence-corrected chi connectivity index (χ4v) is 1.52. The number of rotatable bonds is 3. The Hall–Kier alpha value is -2.11. The molecule has 0 aliphatic heterocycles. The van der Waals surface area contributed by atoms with Crippen LogP contribution in [0.2, 0.25) is 0 Å². The van der Waals surface area contributed by atoms with Gasteiger partial charge in [0.15, 0.2) is 5.92 Å². The average Bonchev–Trinajstić information content (AvgIpc) is 2.14. The molecule has 0 fully saturated rings. The van der Waals surface area contributed by atoms with Crippen LogP contribution in [0.5, 0.6) is 0 Å². The first-order valence-electron chi connectivity index (χ1n) is 4.85. The van der Waals surface area contributed by atoms with Gasteiger partial charge in [0.2, 0.25) is 0 Å². The van der Waals surface area contributed by atoms with Gasteiger partial charge in [-0.15, -0.1) is 0 Å². The fourth-order valence-electron chi connectivity index (χ4n) is 1.52. The Kier molecular flexibility index (Phi) is 3.67. The summed E-state index contributed by atoms with van der Waals surface area (Å²) in [6.07, 6.45) is 5.44. The van der Waals surface area contributed by atoms with E-state index < -0.39 is 29.6 Å². The largest absolute Gasteiger partial charge is 0.481 e. The predicted octanol–water partition coefficient (Wildman–Crippen LogP) is 0.636. The molecule has 0 saturated carbocycles. The molecule has 17 heavy (non-hydrogen) atoms. The first kappa shape index (κ1) is 13.0. The summed E-state index contributed by atoms with van der Waals surface area (Å²) >= 11 is 0. The minimum atomic E-state index is -1.90. The van der Waals surface area contributed by atoms with Crippen LogP contribution in [0.15, 0.2) is 24.3 Å². The van der Waals surface area contributed by atoms with Crippen molar-refractivity contribution in [2.75, 3.05) is 0 Å². The second kappa shape index (κ2) is 4.82. The van der Waals surface area contributed by atoms with E-state index in [-0.39, 0.29) is 0 Å². The third-order valence-corrected chi connectivity index (χ3v) is 2.05. The van der Waals surface area contributed by atoms with Crippen molar-refractivity contribution in [2.45, 2.75) is 19.6 Å². The quantitative estimate of drug-likeness (QED) is 0.575. The van der Waals surface area contributed by atoms with Gasteiger partial charge in [-0.2, -0.15) is 0 Å². The molecule has 1 aliphatic rings. The van der Waals surface area contributed by atoms with Gasteiger partial charge < -0.3 is 14.6 Å². The van der Waals surface area contributed by atoms with E-state index >= 15 is 0 Å². The van der Waals surface area contributed by atoms with E-state index in [0.717, 1.165) is 13.8 Å². The number of aliphatic carboxylic acids is 1. The van der Waals surface area contributed by atoms with Crippen LogP contribution in [0.4, 0.5) is 0 Å². The number of esters is 2. The molecule has 0 aromatic carbocycles. The third kappa shape index (κ3) is 2.93. The summed E-state index contributed by atoms with van der Waals surface area (Å²) in [5.41, 5.74) is 0. The molecule has 1 atom stereocenters. The molecule has 1 N–H and O–H groups in total. The lowest BCUT2D eigenvalue weighted by molar-refractivity contribution is -0.222. The van der Waals surface area contributed by atoms with E-state index in [2.05, 4.69) is 0 Å². The van der Waals surface area contributed by atoms with Crippen LogP contribution >= 0.6 is 0 Å². The van der Waals surface area contributed by atoms with Crippen LogP contribution < -0.4 is 0 Å². The van der Waals surface area contributed by atoms with Crippen LogP contribution in [0.3, 0.4) is 0 Å². The maximum Gasteiger partial charge on any atom is 0.318 e. The maximum absolute atomic E-state index is 11.1. The molecule has 1 aliphatic carbocycles. The van der Waals surface area contributed by atoms with Gasteiger partial charge in [0.1, 0.15) is 0 Å². The van der Waals surface area contributed by atoms with Gasteiger partial charge in [0, 0.05) is 19.9 Å². The Bertz CT molecular complexity index is 390. The van der Waals surface area contributed by atoms with E-state index in [1.54, 1.807) is 0 Å². The number of hydrogen-bond donors (Lipinski definition) is 1. The van der Waals surface area contributed by atoms with Crippen molar-refractivity contribution in [3.63, 3.8) is 0 Å². The standard InChI is InChI=1S/C11H12O6/c1-7(12)16-11(17-8(2)13)6-4-3-5-9(11)10(14)15/h3-6,9H,1-2H3,(H,14,15). The lowest BCUT2D eigenvalue weighted by Crippen LogP contribution is -2.47. The van der Waals surface area contributed by atoms with Crippen molar-refractivity contribution in [3.8, 4) is 0 Å². The predicted molar refractivity (Wildman–Crippen MR) is 55.7 cm³/mol. The number of carboxylic acid groups (broad SMARTS) is 1. The smallest absolute Gasteiger partial charge is 0.318 e. The Morgan fingerprint density at radius 3 is 2.06 bits per heavy atom. The minimum absolute atomic E-state index is 0.738. The van der Waals surface area contributed by atoms with Crippen molar-refractivity contribution in [1.82, 2.24) is 0 Å². The highest BCUT2D eigenvalue weighted by molar-refractivity contribution is 5.77. The van der Waals surface area contributed by atoms with Crippen molar-refractivity contribution in [1.29, 1.82) is 0 Å². The van der Waals surface area contributed by atoms with Crippen LogP contribution in [0.25, 0.3) is 0 Å². The van der Waals surface area contributed by atoms with Gasteiger partial charge in [-0.3, -0.25) is 14.4 Å². The first-order chi connectivity index (χ1) is 7.87. The molecule has 0 aromatic rings. The Morgan fingerprint density at radius 2 is 1.65 bits per heavy atom. The number of allylic oxidation sites excluding steroid dienone is 2. The first-order valence-corrected chi connectivity index (χ1v) is 4.85. The fraction of sp³-hybridized carbons (Fsp3) is 0.364. The number of carbonyl (C=O) groups excluding carboxylic acids is 2. The summed E-state index contributed by atoms with van der Waals surface area (Å²) in [4.78, 5) is 33.1. The molecule has 6 heteroatoms. The molecule has 0 saturated heterocycles. The Labute approximate surface area is 97.5 Å². The van der Waals surface area contributed by atoms with Crippen LogP contribution in [0, 0.1) is 5.92 Å².